The van der Waals surface area contributed by atoms with Crippen molar-refractivity contribution in [1.82, 2.24) is 4.98 Å². The zero-order chi connectivity index (χ0) is 27.1. The maximum Gasteiger partial charge on any atom is 0.349 e. The Kier molecular flexibility index (Phi) is 6.09. The zero-order valence-electron chi connectivity index (χ0n) is 20.1. The smallest absolute Gasteiger partial charge is 0.349 e. The Morgan fingerprint density at radius 3 is 2.72 bits per heavy atom. The first-order valence-corrected chi connectivity index (χ1v) is 13.1. The van der Waals surface area contributed by atoms with Crippen molar-refractivity contribution < 1.29 is 18.9 Å². The van der Waals surface area contributed by atoms with Crippen molar-refractivity contribution in [3.05, 3.63) is 104 Å². The molecule has 6 aromatic rings. The molecule has 0 saturated heterocycles. The average molecular weight is 557 g/mol. The van der Waals surface area contributed by atoms with Crippen LogP contribution in [0.15, 0.2) is 87.1 Å². The van der Waals surface area contributed by atoms with E-state index in [9.17, 15) is 19.7 Å². The summed E-state index contributed by atoms with van der Waals surface area (Å²) in [7, 11) is 1.55. The average Bonchev–Trinajstić information content (AvgIpc) is 3.59. The van der Waals surface area contributed by atoms with Crippen LogP contribution in [0.1, 0.15) is 15.2 Å². The summed E-state index contributed by atoms with van der Waals surface area (Å²) < 4.78 is 11.6. The summed E-state index contributed by atoms with van der Waals surface area (Å²) in [5.41, 5.74) is -0.0992. The number of hydrogen-bond acceptors (Lipinski definition) is 10. The molecule has 0 atom stereocenters. The number of anilines is 1. The first-order valence-electron chi connectivity index (χ1n) is 11.4. The zero-order valence-corrected chi connectivity index (χ0v) is 21.7. The Hall–Kier alpha value is -4.94. The molecule has 1 amide bonds. The van der Waals surface area contributed by atoms with Gasteiger partial charge in [-0.15, -0.1) is 0 Å². The quantitative estimate of drug-likeness (QED) is 0.0784. The van der Waals surface area contributed by atoms with Crippen LogP contribution in [0.5, 0.6) is 5.75 Å². The van der Waals surface area contributed by atoms with Gasteiger partial charge in [-0.1, -0.05) is 53.0 Å². The van der Waals surface area contributed by atoms with Gasteiger partial charge >= 0.3 is 10.6 Å². The number of carbonyl (C=O) groups is 1. The monoisotopic (exact) mass is 556 g/mol. The van der Waals surface area contributed by atoms with Crippen LogP contribution in [0.4, 0.5) is 10.1 Å². The largest absolute Gasteiger partial charge is 0.497 e. The Morgan fingerprint density at radius 1 is 1.08 bits per heavy atom. The standard InChI is InChI=1S/C27H16N4O6S2/c1-36-16-7-9-21-23(12-16)39-27(29-21)30(28-14-17-8-11-24(38-17)31(34)35)25(32)20-13-19-18-5-3-2-4-15(18)6-10-22(19)37-26(20)33/h2-14H,1H3/b28-14+. The molecule has 0 radical (unpaired) electrons. The number of thiophene rings is 1. The summed E-state index contributed by atoms with van der Waals surface area (Å²) in [6.45, 7) is 0. The number of methoxy groups -OCH3 is 1. The number of hydrazone groups is 1. The van der Waals surface area contributed by atoms with Gasteiger partial charge in [0.15, 0.2) is 0 Å². The molecule has 6 rings (SSSR count). The fraction of sp³-hybridized carbons (Fsp3) is 0.0370. The lowest BCUT2D eigenvalue weighted by atomic mass is 10.0. The van der Waals surface area contributed by atoms with E-state index in [4.69, 9.17) is 9.15 Å². The molecule has 192 valence electrons. The van der Waals surface area contributed by atoms with Crippen molar-refractivity contribution >= 4 is 76.9 Å². The fourth-order valence-corrected chi connectivity index (χ4v) is 5.70. The summed E-state index contributed by atoms with van der Waals surface area (Å²) in [6.07, 6.45) is 1.32. The van der Waals surface area contributed by atoms with Crippen LogP contribution < -0.4 is 15.4 Å². The van der Waals surface area contributed by atoms with Crippen LogP contribution >= 0.6 is 22.7 Å². The lowest BCUT2D eigenvalue weighted by Gasteiger charge is -2.13. The second-order valence-electron chi connectivity index (χ2n) is 8.27. The summed E-state index contributed by atoms with van der Waals surface area (Å²) >= 11 is 2.08. The number of benzene rings is 3. The lowest BCUT2D eigenvalue weighted by molar-refractivity contribution is -0.380. The molecule has 12 heteroatoms. The number of rotatable bonds is 6. The number of amides is 1. The van der Waals surface area contributed by atoms with Crippen molar-refractivity contribution in [2.75, 3.05) is 12.1 Å². The van der Waals surface area contributed by atoms with E-state index in [1.54, 1.807) is 31.4 Å². The summed E-state index contributed by atoms with van der Waals surface area (Å²) in [5, 5.41) is 18.9. The molecule has 39 heavy (non-hydrogen) atoms. The summed E-state index contributed by atoms with van der Waals surface area (Å²) in [6, 6.07) is 20.7. The Balaban J connectivity index is 1.49. The van der Waals surface area contributed by atoms with Gasteiger partial charge in [-0.05, 0) is 47.2 Å². The van der Waals surface area contributed by atoms with E-state index >= 15 is 0 Å². The summed E-state index contributed by atoms with van der Waals surface area (Å²) in [4.78, 5) is 42.4. The first-order chi connectivity index (χ1) is 18.9. The van der Waals surface area contributed by atoms with Gasteiger partial charge in [0.2, 0.25) is 5.13 Å². The summed E-state index contributed by atoms with van der Waals surface area (Å²) in [5.74, 6) is -0.140. The van der Waals surface area contributed by atoms with E-state index in [-0.39, 0.29) is 15.7 Å². The second-order valence-corrected chi connectivity index (χ2v) is 10.4. The van der Waals surface area contributed by atoms with E-state index in [2.05, 4.69) is 10.1 Å². The molecule has 0 saturated carbocycles. The molecule has 0 aliphatic carbocycles. The lowest BCUT2D eigenvalue weighted by Crippen LogP contribution is -2.30. The molecular weight excluding hydrogens is 540 g/mol. The third-order valence-electron chi connectivity index (χ3n) is 5.92. The van der Waals surface area contributed by atoms with E-state index in [0.717, 1.165) is 31.8 Å². The van der Waals surface area contributed by atoms with Crippen LogP contribution in [0, 0.1) is 10.1 Å². The van der Waals surface area contributed by atoms with E-state index in [0.29, 0.717) is 27.1 Å². The second kappa shape index (κ2) is 9.74. The SMILES string of the molecule is COc1ccc2nc(N(/N=C/c3ccc([N+](=O)[O-])s3)C(=O)c3cc4c(ccc5ccccc54)oc3=O)sc2c1. The number of fused-ring (bicyclic) bond motifs is 4. The minimum atomic E-state index is -0.822. The van der Waals surface area contributed by atoms with Crippen molar-refractivity contribution in [3.63, 3.8) is 0 Å². The molecule has 3 aromatic heterocycles. The molecule has 0 aliphatic heterocycles. The van der Waals surface area contributed by atoms with Gasteiger partial charge in [0.25, 0.3) is 5.91 Å². The fourth-order valence-electron chi connectivity index (χ4n) is 4.06. The number of hydrogen-bond donors (Lipinski definition) is 0. The maximum absolute atomic E-state index is 13.9. The predicted molar refractivity (Wildman–Crippen MR) is 152 cm³/mol. The van der Waals surface area contributed by atoms with E-state index < -0.39 is 16.5 Å². The highest BCUT2D eigenvalue weighted by molar-refractivity contribution is 7.22. The topological polar surface area (TPSA) is 128 Å². The van der Waals surface area contributed by atoms with Gasteiger partial charge < -0.3 is 9.15 Å². The predicted octanol–water partition coefficient (Wildman–Crippen LogP) is 6.22. The number of thiazole rings is 1. The van der Waals surface area contributed by atoms with Crippen LogP contribution in [0.25, 0.3) is 32.0 Å². The van der Waals surface area contributed by atoms with Gasteiger partial charge in [-0.2, -0.15) is 10.1 Å². The van der Waals surface area contributed by atoms with Crippen LogP contribution in [-0.2, 0) is 0 Å². The molecule has 0 spiro atoms. The minimum Gasteiger partial charge on any atom is -0.497 e. The molecule has 0 aliphatic rings. The number of aromatic nitrogens is 1. The number of nitrogens with zero attached hydrogens (tertiary/aromatic N) is 4. The Morgan fingerprint density at radius 2 is 1.92 bits per heavy atom. The molecule has 10 nitrogen and oxygen atoms in total. The van der Waals surface area contributed by atoms with E-state index in [1.807, 2.05) is 30.3 Å². The maximum atomic E-state index is 13.9. The van der Waals surface area contributed by atoms with Crippen molar-refractivity contribution in [2.24, 2.45) is 5.10 Å². The molecule has 0 unspecified atom stereocenters. The van der Waals surface area contributed by atoms with Crippen LogP contribution in [-0.4, -0.2) is 29.1 Å². The van der Waals surface area contributed by atoms with E-state index in [1.165, 1.54) is 35.8 Å². The molecule has 0 N–H and O–H groups in total. The van der Waals surface area contributed by atoms with Gasteiger partial charge in [-0.3, -0.25) is 14.9 Å². The van der Waals surface area contributed by atoms with Gasteiger partial charge in [0.05, 0.1) is 33.3 Å². The highest BCUT2D eigenvalue weighted by Crippen LogP contribution is 2.33. The highest BCUT2D eigenvalue weighted by Gasteiger charge is 2.25. The third-order valence-corrected chi connectivity index (χ3v) is 7.89. The minimum absolute atomic E-state index is 0.0662. The normalized spacial score (nSPS) is 11.5. The van der Waals surface area contributed by atoms with Crippen LogP contribution in [0.2, 0.25) is 0 Å². The number of carbonyl (C=O) groups excluding carboxylic acids is 1. The van der Waals surface area contributed by atoms with Gasteiger partial charge in [-0.25, -0.2) is 9.78 Å². The molecule has 3 aromatic carbocycles. The highest BCUT2D eigenvalue weighted by atomic mass is 32.1. The van der Waals surface area contributed by atoms with Crippen molar-refractivity contribution in [2.45, 2.75) is 0 Å². The van der Waals surface area contributed by atoms with Crippen molar-refractivity contribution in [3.8, 4) is 5.75 Å². The Labute approximate surface area is 227 Å². The number of ether oxygens (including phenoxy) is 1. The van der Waals surface area contributed by atoms with Crippen molar-refractivity contribution in [1.29, 1.82) is 0 Å². The molecule has 0 bridgehead atoms. The first kappa shape index (κ1) is 24.4. The van der Waals surface area contributed by atoms with Gasteiger partial charge in [0.1, 0.15) is 16.9 Å². The Bertz CT molecular complexity index is 2010. The molecule has 3 heterocycles. The van der Waals surface area contributed by atoms with Gasteiger partial charge in [0, 0.05) is 11.5 Å². The molecule has 0 fully saturated rings. The van der Waals surface area contributed by atoms with Crippen LogP contribution in [0.3, 0.4) is 0 Å². The number of nitro groups is 1. The third kappa shape index (κ3) is 4.51. The molecular formula is C27H16N4O6S2.